The molecule has 1 aromatic rings. The van der Waals surface area contributed by atoms with Gasteiger partial charge in [-0.3, -0.25) is 4.98 Å². The summed E-state index contributed by atoms with van der Waals surface area (Å²) in [6.07, 6.45) is 4.18. The number of rotatable bonds is 5. The van der Waals surface area contributed by atoms with E-state index in [0.717, 1.165) is 18.7 Å². The molecule has 0 unspecified atom stereocenters. The maximum Gasteiger partial charge on any atom is 0.341 e. The summed E-state index contributed by atoms with van der Waals surface area (Å²) in [6, 6.07) is 1.78. The van der Waals surface area contributed by atoms with E-state index < -0.39 is 0 Å². The Balaban J connectivity index is 2.80. The standard InChI is InChI=1S/C11H16N2O2/c1-3-6-13-10-5-7-12-8-9(10)11(14)15-4-2/h5,7-8H,3-4,6H2,1-2H3,(H,12,13). The first-order valence-electron chi connectivity index (χ1n) is 5.14. The van der Waals surface area contributed by atoms with Crippen molar-refractivity contribution in [2.75, 3.05) is 18.5 Å². The lowest BCUT2D eigenvalue weighted by Crippen LogP contribution is -2.10. The van der Waals surface area contributed by atoms with E-state index in [0.29, 0.717) is 12.2 Å². The highest BCUT2D eigenvalue weighted by Crippen LogP contribution is 2.14. The minimum absolute atomic E-state index is 0.329. The zero-order valence-electron chi connectivity index (χ0n) is 9.12. The van der Waals surface area contributed by atoms with Crippen molar-refractivity contribution in [3.63, 3.8) is 0 Å². The van der Waals surface area contributed by atoms with Gasteiger partial charge in [-0.1, -0.05) is 6.92 Å². The van der Waals surface area contributed by atoms with Crippen LogP contribution < -0.4 is 5.32 Å². The van der Waals surface area contributed by atoms with Crippen molar-refractivity contribution in [1.29, 1.82) is 0 Å². The van der Waals surface area contributed by atoms with Crippen LogP contribution in [0.5, 0.6) is 0 Å². The van der Waals surface area contributed by atoms with Crippen LogP contribution in [0.1, 0.15) is 30.6 Å². The van der Waals surface area contributed by atoms with E-state index in [1.807, 2.05) is 0 Å². The van der Waals surface area contributed by atoms with Gasteiger partial charge in [0.2, 0.25) is 0 Å². The van der Waals surface area contributed by atoms with Gasteiger partial charge < -0.3 is 10.1 Å². The fraction of sp³-hybridized carbons (Fsp3) is 0.455. The molecule has 4 nitrogen and oxygen atoms in total. The van der Waals surface area contributed by atoms with Gasteiger partial charge in [-0.25, -0.2) is 4.79 Å². The number of carbonyl (C=O) groups excluding carboxylic acids is 1. The third-order valence-electron chi connectivity index (χ3n) is 1.88. The number of ether oxygens (including phenoxy) is 1. The van der Waals surface area contributed by atoms with Gasteiger partial charge >= 0.3 is 5.97 Å². The van der Waals surface area contributed by atoms with E-state index in [4.69, 9.17) is 4.74 Å². The SMILES string of the molecule is CCCNc1ccncc1C(=O)OCC. The molecule has 1 N–H and O–H groups in total. The van der Waals surface area contributed by atoms with Gasteiger partial charge in [0, 0.05) is 18.9 Å². The van der Waals surface area contributed by atoms with Gasteiger partial charge in [-0.2, -0.15) is 0 Å². The van der Waals surface area contributed by atoms with E-state index in [-0.39, 0.29) is 5.97 Å². The van der Waals surface area contributed by atoms with Crippen LogP contribution in [0.4, 0.5) is 5.69 Å². The highest BCUT2D eigenvalue weighted by Gasteiger charge is 2.11. The summed E-state index contributed by atoms with van der Waals surface area (Å²) >= 11 is 0. The summed E-state index contributed by atoms with van der Waals surface area (Å²) in [5.41, 5.74) is 1.28. The lowest BCUT2D eigenvalue weighted by Gasteiger charge is -2.09. The van der Waals surface area contributed by atoms with Crippen molar-refractivity contribution >= 4 is 11.7 Å². The normalized spacial score (nSPS) is 9.73. The molecule has 0 aromatic carbocycles. The predicted octanol–water partition coefficient (Wildman–Crippen LogP) is 2.08. The molecule has 0 saturated carbocycles. The van der Waals surface area contributed by atoms with Gasteiger partial charge in [0.25, 0.3) is 0 Å². The summed E-state index contributed by atoms with van der Waals surface area (Å²) in [7, 11) is 0. The molecule has 1 rings (SSSR count). The topological polar surface area (TPSA) is 51.2 Å². The molecule has 0 atom stereocenters. The molecule has 0 saturated heterocycles. The van der Waals surface area contributed by atoms with Gasteiger partial charge in [0.15, 0.2) is 0 Å². The Morgan fingerprint density at radius 2 is 2.33 bits per heavy atom. The molecule has 82 valence electrons. The molecule has 15 heavy (non-hydrogen) atoms. The first-order valence-corrected chi connectivity index (χ1v) is 5.14. The number of nitrogens with one attached hydrogen (secondary N) is 1. The Bertz CT molecular complexity index is 326. The second-order valence-corrected chi connectivity index (χ2v) is 3.07. The lowest BCUT2D eigenvalue weighted by atomic mass is 10.2. The van der Waals surface area contributed by atoms with Crippen LogP contribution in [0, 0.1) is 0 Å². The third-order valence-corrected chi connectivity index (χ3v) is 1.88. The number of hydrogen-bond donors (Lipinski definition) is 1. The summed E-state index contributed by atoms with van der Waals surface area (Å²) in [5.74, 6) is -0.329. The number of pyridine rings is 1. The van der Waals surface area contributed by atoms with Gasteiger partial charge in [0.1, 0.15) is 5.56 Å². The molecule has 0 aliphatic carbocycles. The van der Waals surface area contributed by atoms with E-state index in [2.05, 4.69) is 17.2 Å². The number of carbonyl (C=O) groups is 1. The molecule has 0 spiro atoms. The molecular formula is C11H16N2O2. The molecule has 0 aliphatic heterocycles. The predicted molar refractivity (Wildman–Crippen MR) is 59.0 cm³/mol. The van der Waals surface area contributed by atoms with Crippen LogP contribution in [-0.4, -0.2) is 24.1 Å². The summed E-state index contributed by atoms with van der Waals surface area (Å²) in [5, 5.41) is 3.16. The van der Waals surface area contributed by atoms with Crippen molar-refractivity contribution in [3.8, 4) is 0 Å². The summed E-state index contributed by atoms with van der Waals surface area (Å²) < 4.78 is 4.93. The maximum absolute atomic E-state index is 11.5. The lowest BCUT2D eigenvalue weighted by molar-refractivity contribution is 0.0527. The summed E-state index contributed by atoms with van der Waals surface area (Å²) in [4.78, 5) is 15.4. The first kappa shape index (κ1) is 11.5. The van der Waals surface area contributed by atoms with E-state index in [1.165, 1.54) is 6.20 Å². The molecule has 0 bridgehead atoms. The average molecular weight is 208 g/mol. The van der Waals surface area contributed by atoms with E-state index >= 15 is 0 Å². The highest BCUT2D eigenvalue weighted by molar-refractivity contribution is 5.95. The quantitative estimate of drug-likeness (QED) is 0.753. The van der Waals surface area contributed by atoms with Crippen LogP contribution in [0.3, 0.4) is 0 Å². The number of esters is 1. The van der Waals surface area contributed by atoms with Crippen LogP contribution in [0.25, 0.3) is 0 Å². The maximum atomic E-state index is 11.5. The number of nitrogens with zero attached hydrogens (tertiary/aromatic N) is 1. The van der Waals surface area contributed by atoms with Crippen molar-refractivity contribution in [1.82, 2.24) is 4.98 Å². The Hall–Kier alpha value is -1.58. The highest BCUT2D eigenvalue weighted by atomic mass is 16.5. The van der Waals surface area contributed by atoms with E-state index in [1.54, 1.807) is 19.2 Å². The smallest absolute Gasteiger partial charge is 0.341 e. The third kappa shape index (κ3) is 3.23. The fourth-order valence-corrected chi connectivity index (χ4v) is 1.18. The summed E-state index contributed by atoms with van der Waals surface area (Å²) in [6.45, 7) is 5.06. The monoisotopic (exact) mass is 208 g/mol. The Morgan fingerprint density at radius 1 is 1.53 bits per heavy atom. The van der Waals surface area contributed by atoms with E-state index in [9.17, 15) is 4.79 Å². The van der Waals surface area contributed by atoms with Crippen molar-refractivity contribution in [3.05, 3.63) is 24.0 Å². The van der Waals surface area contributed by atoms with Gasteiger partial charge in [-0.15, -0.1) is 0 Å². The fourth-order valence-electron chi connectivity index (χ4n) is 1.18. The molecule has 0 aliphatic rings. The average Bonchev–Trinajstić information content (AvgIpc) is 2.27. The van der Waals surface area contributed by atoms with Crippen LogP contribution in [0.15, 0.2) is 18.5 Å². The number of aromatic nitrogens is 1. The Labute approximate surface area is 89.7 Å². The van der Waals surface area contributed by atoms with Crippen LogP contribution in [-0.2, 0) is 4.74 Å². The second-order valence-electron chi connectivity index (χ2n) is 3.07. The van der Waals surface area contributed by atoms with Crippen molar-refractivity contribution < 1.29 is 9.53 Å². The Kier molecular flexibility index (Phi) is 4.60. The largest absolute Gasteiger partial charge is 0.462 e. The van der Waals surface area contributed by atoms with Crippen molar-refractivity contribution in [2.45, 2.75) is 20.3 Å². The van der Waals surface area contributed by atoms with Crippen LogP contribution in [0.2, 0.25) is 0 Å². The minimum Gasteiger partial charge on any atom is -0.462 e. The molecule has 4 heteroatoms. The molecule has 0 amide bonds. The zero-order chi connectivity index (χ0) is 11.1. The van der Waals surface area contributed by atoms with Gasteiger partial charge in [0.05, 0.1) is 12.3 Å². The number of hydrogen-bond acceptors (Lipinski definition) is 4. The van der Waals surface area contributed by atoms with Crippen LogP contribution >= 0.6 is 0 Å². The first-order chi connectivity index (χ1) is 7.29. The van der Waals surface area contributed by atoms with Gasteiger partial charge in [-0.05, 0) is 19.4 Å². The molecule has 1 aromatic heterocycles. The molecule has 0 radical (unpaired) electrons. The molecule has 0 fully saturated rings. The molecule has 1 heterocycles. The second kappa shape index (κ2) is 6.01. The minimum atomic E-state index is -0.329. The van der Waals surface area contributed by atoms with Crippen molar-refractivity contribution in [2.24, 2.45) is 0 Å². The molecular weight excluding hydrogens is 192 g/mol. The number of anilines is 1. The Morgan fingerprint density at radius 3 is 3.00 bits per heavy atom. The zero-order valence-corrected chi connectivity index (χ0v) is 9.12.